The Bertz CT molecular complexity index is 578. The Kier molecular flexibility index (Phi) is 4.74. The summed E-state index contributed by atoms with van der Waals surface area (Å²) in [5.74, 6) is -2.48. The summed E-state index contributed by atoms with van der Waals surface area (Å²) in [4.78, 5) is 0. The van der Waals surface area contributed by atoms with Crippen molar-refractivity contribution in [2.24, 2.45) is 0 Å². The number of hydrogen-bond donors (Lipinski definition) is 1. The minimum Gasteiger partial charge on any atom is -0.312 e. The van der Waals surface area contributed by atoms with Crippen LogP contribution in [0.25, 0.3) is 0 Å². The third-order valence-electron chi connectivity index (χ3n) is 2.84. The highest BCUT2D eigenvalue weighted by atomic mass is 19.1. The molecule has 106 valence electrons. The van der Waals surface area contributed by atoms with Crippen LogP contribution in [0.2, 0.25) is 0 Å². The summed E-state index contributed by atoms with van der Waals surface area (Å²) >= 11 is 0. The second-order valence-corrected chi connectivity index (χ2v) is 4.44. The van der Waals surface area contributed by atoms with Crippen molar-refractivity contribution in [3.05, 3.63) is 70.8 Å². The zero-order valence-corrected chi connectivity index (χ0v) is 10.6. The molecule has 0 aliphatic carbocycles. The van der Waals surface area contributed by atoms with Crippen molar-refractivity contribution >= 4 is 0 Å². The molecule has 1 nitrogen and oxygen atoms in total. The van der Waals surface area contributed by atoms with Crippen LogP contribution < -0.4 is 5.32 Å². The van der Waals surface area contributed by atoms with E-state index in [4.69, 9.17) is 0 Å². The average molecular weight is 283 g/mol. The highest BCUT2D eigenvalue weighted by molar-refractivity contribution is 5.19. The van der Waals surface area contributed by atoms with E-state index >= 15 is 0 Å². The van der Waals surface area contributed by atoms with Crippen molar-refractivity contribution in [1.29, 1.82) is 0 Å². The molecule has 0 spiro atoms. The second-order valence-electron chi connectivity index (χ2n) is 4.44. The van der Waals surface area contributed by atoms with Crippen LogP contribution in [0.15, 0.2) is 36.4 Å². The molecule has 0 heterocycles. The lowest BCUT2D eigenvalue weighted by Crippen LogP contribution is -2.17. The van der Waals surface area contributed by atoms with Gasteiger partial charge in [-0.2, -0.15) is 0 Å². The van der Waals surface area contributed by atoms with E-state index in [1.807, 2.05) is 0 Å². The maximum Gasteiger partial charge on any atom is 0.130 e. The zero-order valence-electron chi connectivity index (χ0n) is 10.6. The lowest BCUT2D eigenvalue weighted by molar-refractivity contribution is 0.559. The summed E-state index contributed by atoms with van der Waals surface area (Å²) in [6, 6.07) is 6.68. The summed E-state index contributed by atoms with van der Waals surface area (Å²) in [5, 5.41) is 2.94. The molecule has 0 fully saturated rings. The van der Waals surface area contributed by atoms with Gasteiger partial charge in [0.05, 0.1) is 0 Å². The Morgan fingerprint density at radius 2 is 1.50 bits per heavy atom. The van der Waals surface area contributed by atoms with Crippen LogP contribution in [-0.2, 0) is 13.0 Å². The van der Waals surface area contributed by atoms with Crippen LogP contribution in [0, 0.1) is 23.3 Å². The van der Waals surface area contributed by atoms with Crippen molar-refractivity contribution in [1.82, 2.24) is 5.32 Å². The first kappa shape index (κ1) is 14.5. The number of rotatable bonds is 5. The maximum atomic E-state index is 13.3. The van der Waals surface area contributed by atoms with E-state index in [1.165, 1.54) is 24.3 Å². The first-order valence-corrected chi connectivity index (χ1v) is 6.14. The normalized spacial score (nSPS) is 10.8. The molecule has 0 saturated carbocycles. The molecule has 2 aromatic carbocycles. The smallest absolute Gasteiger partial charge is 0.130 e. The molecule has 2 rings (SSSR count). The molecule has 20 heavy (non-hydrogen) atoms. The monoisotopic (exact) mass is 283 g/mol. The van der Waals surface area contributed by atoms with Gasteiger partial charge in [-0.15, -0.1) is 0 Å². The third kappa shape index (κ3) is 4.06. The van der Waals surface area contributed by atoms with Crippen LogP contribution in [0.5, 0.6) is 0 Å². The summed E-state index contributed by atoms with van der Waals surface area (Å²) in [5.41, 5.74) is 0.867. The highest BCUT2D eigenvalue weighted by Crippen LogP contribution is 2.10. The summed E-state index contributed by atoms with van der Waals surface area (Å²) in [6.07, 6.45) is 0.414. The molecular formula is C15H13F4N. The van der Waals surface area contributed by atoms with E-state index in [0.717, 1.165) is 12.1 Å². The maximum absolute atomic E-state index is 13.3. The predicted octanol–water partition coefficient (Wildman–Crippen LogP) is 3.58. The lowest BCUT2D eigenvalue weighted by atomic mass is 10.1. The van der Waals surface area contributed by atoms with Gasteiger partial charge in [-0.3, -0.25) is 0 Å². The van der Waals surface area contributed by atoms with Crippen molar-refractivity contribution in [2.75, 3.05) is 6.54 Å². The Balaban J connectivity index is 1.84. The molecule has 0 aliphatic heterocycles. The first-order chi connectivity index (χ1) is 9.54. The zero-order chi connectivity index (χ0) is 14.5. The first-order valence-electron chi connectivity index (χ1n) is 6.14. The number of nitrogens with one attached hydrogen (secondary N) is 1. The van der Waals surface area contributed by atoms with Crippen molar-refractivity contribution in [3.63, 3.8) is 0 Å². The van der Waals surface area contributed by atoms with Crippen molar-refractivity contribution in [2.45, 2.75) is 13.0 Å². The molecule has 0 amide bonds. The topological polar surface area (TPSA) is 12.0 Å². The Hall–Kier alpha value is -1.88. The van der Waals surface area contributed by atoms with Crippen LogP contribution in [0.3, 0.4) is 0 Å². The molecule has 5 heteroatoms. The van der Waals surface area contributed by atoms with Gasteiger partial charge >= 0.3 is 0 Å². The van der Waals surface area contributed by atoms with Crippen molar-refractivity contribution < 1.29 is 17.6 Å². The van der Waals surface area contributed by atoms with E-state index in [0.29, 0.717) is 24.1 Å². The van der Waals surface area contributed by atoms with E-state index < -0.39 is 23.3 Å². The SMILES string of the molecule is Fc1cc(F)cc(CCNCc2ccc(F)cc2F)c1. The largest absolute Gasteiger partial charge is 0.312 e. The van der Waals surface area contributed by atoms with Crippen LogP contribution in [0.4, 0.5) is 17.6 Å². The molecule has 0 bridgehead atoms. The summed E-state index contributed by atoms with van der Waals surface area (Å²) in [7, 11) is 0. The second kappa shape index (κ2) is 6.52. The fourth-order valence-corrected chi connectivity index (χ4v) is 1.88. The van der Waals surface area contributed by atoms with E-state index in [2.05, 4.69) is 5.32 Å². The molecule has 0 radical (unpaired) electrons. The third-order valence-corrected chi connectivity index (χ3v) is 2.84. The van der Waals surface area contributed by atoms with Gasteiger partial charge in [-0.1, -0.05) is 6.07 Å². The Morgan fingerprint density at radius 1 is 0.800 bits per heavy atom. The van der Waals surface area contributed by atoms with Crippen molar-refractivity contribution in [3.8, 4) is 0 Å². The standard InChI is InChI=1S/C15H13F4N/c16-12-2-1-11(15(19)8-12)9-20-4-3-10-5-13(17)7-14(18)6-10/h1-2,5-8,20H,3-4,9H2. The van der Waals surface area contributed by atoms with Crippen LogP contribution in [0.1, 0.15) is 11.1 Å². The highest BCUT2D eigenvalue weighted by Gasteiger charge is 2.04. The number of benzene rings is 2. The Labute approximate surface area is 114 Å². The average Bonchev–Trinajstić information content (AvgIpc) is 2.35. The van der Waals surface area contributed by atoms with Gasteiger partial charge in [0.15, 0.2) is 0 Å². The van der Waals surface area contributed by atoms with Crippen LogP contribution >= 0.6 is 0 Å². The van der Waals surface area contributed by atoms with E-state index in [1.54, 1.807) is 0 Å². The summed E-state index contributed by atoms with van der Waals surface area (Å²) in [6.45, 7) is 0.656. The van der Waals surface area contributed by atoms with Gasteiger partial charge in [-0.05, 0) is 36.7 Å². The van der Waals surface area contributed by atoms with E-state index in [-0.39, 0.29) is 6.54 Å². The predicted molar refractivity (Wildman–Crippen MR) is 68.1 cm³/mol. The summed E-state index contributed by atoms with van der Waals surface area (Å²) < 4.78 is 51.9. The van der Waals surface area contributed by atoms with Gasteiger partial charge in [0, 0.05) is 24.2 Å². The minimum absolute atomic E-state index is 0.226. The molecule has 0 unspecified atom stereocenters. The fourth-order valence-electron chi connectivity index (χ4n) is 1.88. The molecule has 0 aliphatic rings. The lowest BCUT2D eigenvalue weighted by Gasteiger charge is -2.06. The quantitative estimate of drug-likeness (QED) is 0.653. The number of hydrogen-bond acceptors (Lipinski definition) is 1. The molecule has 1 N–H and O–H groups in total. The van der Waals surface area contributed by atoms with Gasteiger partial charge in [0.2, 0.25) is 0 Å². The molecule has 0 saturated heterocycles. The van der Waals surface area contributed by atoms with Gasteiger partial charge in [0.25, 0.3) is 0 Å². The van der Waals surface area contributed by atoms with Crippen LogP contribution in [-0.4, -0.2) is 6.54 Å². The Morgan fingerprint density at radius 3 is 2.15 bits per heavy atom. The molecule has 0 atom stereocenters. The number of halogens is 4. The van der Waals surface area contributed by atoms with Gasteiger partial charge < -0.3 is 5.32 Å². The molecular weight excluding hydrogens is 270 g/mol. The van der Waals surface area contributed by atoms with E-state index in [9.17, 15) is 17.6 Å². The minimum atomic E-state index is -0.624. The molecule has 2 aromatic rings. The fraction of sp³-hybridized carbons (Fsp3) is 0.200. The van der Waals surface area contributed by atoms with Gasteiger partial charge in [0.1, 0.15) is 23.3 Å². The van der Waals surface area contributed by atoms with Gasteiger partial charge in [-0.25, -0.2) is 17.6 Å². The molecule has 0 aromatic heterocycles.